The Bertz CT molecular complexity index is 341. The molecule has 1 heterocycles. The summed E-state index contributed by atoms with van der Waals surface area (Å²) in [6.45, 7) is -0.0841. The molecular formula is C8H9F3N2S. The second-order valence-corrected chi connectivity index (χ2v) is 4.42. The topological polar surface area (TPSA) is 38.9 Å². The maximum absolute atomic E-state index is 12.4. The zero-order valence-electron chi connectivity index (χ0n) is 7.27. The number of hydrogen-bond acceptors (Lipinski definition) is 3. The van der Waals surface area contributed by atoms with E-state index in [1.54, 1.807) is 0 Å². The highest BCUT2D eigenvalue weighted by Gasteiger charge is 2.39. The summed E-state index contributed by atoms with van der Waals surface area (Å²) in [5.41, 5.74) is 4.47. The molecule has 6 heteroatoms. The Morgan fingerprint density at radius 2 is 2.07 bits per heavy atom. The Morgan fingerprint density at radius 1 is 1.43 bits per heavy atom. The fourth-order valence-corrected chi connectivity index (χ4v) is 2.37. The monoisotopic (exact) mass is 222 g/mol. The molecule has 0 radical (unpaired) electrons. The number of thiazole rings is 1. The van der Waals surface area contributed by atoms with Crippen LogP contribution in [0, 0.1) is 0 Å². The zero-order chi connectivity index (χ0) is 10.3. The van der Waals surface area contributed by atoms with E-state index in [-0.39, 0.29) is 17.3 Å². The number of hydrogen-bond donors (Lipinski definition) is 1. The normalized spacial score (nSPS) is 17.4. The van der Waals surface area contributed by atoms with E-state index in [0.717, 1.165) is 24.2 Å². The number of alkyl halides is 3. The maximum atomic E-state index is 12.4. The van der Waals surface area contributed by atoms with Gasteiger partial charge < -0.3 is 5.73 Å². The van der Waals surface area contributed by atoms with Crippen LogP contribution in [0.5, 0.6) is 0 Å². The largest absolute Gasteiger partial charge is 0.434 e. The lowest BCUT2D eigenvalue weighted by Crippen LogP contribution is -2.10. The Hall–Kier alpha value is -0.620. The zero-order valence-corrected chi connectivity index (χ0v) is 8.08. The molecular weight excluding hydrogens is 213 g/mol. The van der Waals surface area contributed by atoms with Crippen molar-refractivity contribution in [2.75, 3.05) is 0 Å². The van der Waals surface area contributed by atoms with Gasteiger partial charge in [0.1, 0.15) is 0 Å². The number of nitrogens with two attached hydrogens (primary N) is 1. The summed E-state index contributed by atoms with van der Waals surface area (Å²) in [6.07, 6.45) is -2.46. The molecule has 0 saturated heterocycles. The van der Waals surface area contributed by atoms with Crippen molar-refractivity contribution >= 4 is 11.3 Å². The molecule has 14 heavy (non-hydrogen) atoms. The van der Waals surface area contributed by atoms with Crippen LogP contribution in [-0.4, -0.2) is 4.98 Å². The minimum absolute atomic E-state index is 0.0841. The Kier molecular flexibility index (Phi) is 2.27. The van der Waals surface area contributed by atoms with Gasteiger partial charge in [-0.05, 0) is 12.8 Å². The minimum atomic E-state index is -4.36. The number of nitrogens with zero attached hydrogens (tertiary/aromatic N) is 1. The third kappa shape index (κ3) is 1.76. The molecule has 0 spiro atoms. The predicted octanol–water partition coefficient (Wildman–Crippen LogP) is 2.50. The van der Waals surface area contributed by atoms with Gasteiger partial charge >= 0.3 is 6.18 Å². The van der Waals surface area contributed by atoms with Crippen molar-refractivity contribution in [3.63, 3.8) is 0 Å². The van der Waals surface area contributed by atoms with Crippen LogP contribution in [0.15, 0.2) is 0 Å². The first-order valence-corrected chi connectivity index (χ1v) is 5.11. The molecule has 0 atom stereocenters. The molecule has 0 aromatic carbocycles. The van der Waals surface area contributed by atoms with Crippen molar-refractivity contribution in [2.24, 2.45) is 5.73 Å². The summed E-state index contributed by atoms with van der Waals surface area (Å²) in [5, 5.41) is 0.595. The highest BCUT2D eigenvalue weighted by Crippen LogP contribution is 2.44. The molecule has 1 fully saturated rings. The molecule has 2 nitrogen and oxygen atoms in total. The third-order valence-corrected chi connectivity index (χ3v) is 3.33. The quantitative estimate of drug-likeness (QED) is 0.835. The van der Waals surface area contributed by atoms with Gasteiger partial charge in [-0.3, -0.25) is 0 Å². The van der Waals surface area contributed by atoms with Crippen molar-refractivity contribution in [1.82, 2.24) is 4.98 Å². The average Bonchev–Trinajstić information content (AvgIpc) is 2.83. The van der Waals surface area contributed by atoms with Gasteiger partial charge in [0.15, 0.2) is 5.69 Å². The second kappa shape index (κ2) is 3.20. The van der Waals surface area contributed by atoms with Crippen molar-refractivity contribution in [3.8, 4) is 0 Å². The molecule has 0 aliphatic heterocycles. The average molecular weight is 222 g/mol. The first-order valence-electron chi connectivity index (χ1n) is 4.29. The summed E-state index contributed by atoms with van der Waals surface area (Å²) in [4.78, 5) is 3.78. The molecule has 0 bridgehead atoms. The van der Waals surface area contributed by atoms with E-state index in [4.69, 9.17) is 5.73 Å². The summed E-state index contributed by atoms with van der Waals surface area (Å²) in [5.74, 6) is 0.251. The molecule has 0 amide bonds. The lowest BCUT2D eigenvalue weighted by Gasteiger charge is -2.03. The fourth-order valence-electron chi connectivity index (χ4n) is 1.23. The lowest BCUT2D eigenvalue weighted by atomic mass is 10.3. The van der Waals surface area contributed by atoms with Gasteiger partial charge in [0.05, 0.1) is 9.88 Å². The van der Waals surface area contributed by atoms with E-state index in [9.17, 15) is 13.2 Å². The van der Waals surface area contributed by atoms with Crippen LogP contribution >= 0.6 is 11.3 Å². The molecule has 1 aromatic heterocycles. The smallest absolute Gasteiger partial charge is 0.326 e. The van der Waals surface area contributed by atoms with E-state index in [1.165, 1.54) is 0 Å². The molecule has 1 aromatic rings. The SMILES string of the molecule is NCc1sc(C2CC2)nc1C(F)(F)F. The predicted molar refractivity (Wildman–Crippen MR) is 47.0 cm³/mol. The van der Waals surface area contributed by atoms with Gasteiger partial charge in [-0.1, -0.05) is 0 Å². The van der Waals surface area contributed by atoms with Crippen molar-refractivity contribution in [1.29, 1.82) is 0 Å². The van der Waals surface area contributed by atoms with Gasteiger partial charge in [0, 0.05) is 12.5 Å². The highest BCUT2D eigenvalue weighted by molar-refractivity contribution is 7.11. The minimum Gasteiger partial charge on any atom is -0.326 e. The lowest BCUT2D eigenvalue weighted by molar-refractivity contribution is -0.141. The van der Waals surface area contributed by atoms with Gasteiger partial charge in [0.25, 0.3) is 0 Å². The number of aromatic nitrogens is 1. The van der Waals surface area contributed by atoms with Crippen molar-refractivity contribution < 1.29 is 13.2 Å². The van der Waals surface area contributed by atoms with Crippen molar-refractivity contribution in [2.45, 2.75) is 31.5 Å². The van der Waals surface area contributed by atoms with E-state index in [2.05, 4.69) is 4.98 Å². The molecule has 2 rings (SSSR count). The first-order chi connectivity index (χ1) is 6.52. The van der Waals surface area contributed by atoms with Crippen LogP contribution in [0.4, 0.5) is 13.2 Å². The first kappa shape index (κ1) is 9.92. The Labute approximate surface area is 82.9 Å². The summed E-state index contributed by atoms with van der Waals surface area (Å²) < 4.78 is 37.3. The Morgan fingerprint density at radius 3 is 2.43 bits per heavy atom. The fraction of sp³-hybridized carbons (Fsp3) is 0.625. The Balaban J connectivity index is 2.37. The van der Waals surface area contributed by atoms with E-state index < -0.39 is 11.9 Å². The summed E-state index contributed by atoms with van der Waals surface area (Å²) >= 11 is 1.10. The molecule has 0 unspecified atom stereocenters. The van der Waals surface area contributed by atoms with Crippen LogP contribution in [0.25, 0.3) is 0 Å². The second-order valence-electron chi connectivity index (χ2n) is 3.30. The third-order valence-electron chi connectivity index (χ3n) is 2.09. The van der Waals surface area contributed by atoms with E-state index in [1.807, 2.05) is 0 Å². The maximum Gasteiger partial charge on any atom is 0.434 e. The molecule has 1 aliphatic rings. The van der Waals surface area contributed by atoms with Crippen molar-refractivity contribution in [3.05, 3.63) is 15.6 Å². The standard InChI is InChI=1S/C8H9F3N2S/c9-8(10,11)6-5(3-12)14-7(13-6)4-1-2-4/h4H,1-3,12H2. The van der Waals surface area contributed by atoms with Gasteiger partial charge in [-0.15, -0.1) is 11.3 Å². The van der Waals surface area contributed by atoms with Gasteiger partial charge in [0.2, 0.25) is 0 Å². The van der Waals surface area contributed by atoms with Crippen LogP contribution in [0.3, 0.4) is 0 Å². The molecule has 78 valence electrons. The number of halogens is 3. The highest BCUT2D eigenvalue weighted by atomic mass is 32.1. The molecule has 1 saturated carbocycles. The van der Waals surface area contributed by atoms with Gasteiger partial charge in [-0.25, -0.2) is 4.98 Å². The van der Waals surface area contributed by atoms with Crippen LogP contribution < -0.4 is 5.73 Å². The summed E-state index contributed by atoms with van der Waals surface area (Å²) in [6, 6.07) is 0. The van der Waals surface area contributed by atoms with Crippen LogP contribution in [0.1, 0.15) is 34.3 Å². The molecule has 2 N–H and O–H groups in total. The number of rotatable bonds is 2. The van der Waals surface area contributed by atoms with Gasteiger partial charge in [-0.2, -0.15) is 13.2 Å². The van der Waals surface area contributed by atoms with Crippen LogP contribution in [0.2, 0.25) is 0 Å². The summed E-state index contributed by atoms with van der Waals surface area (Å²) in [7, 11) is 0. The van der Waals surface area contributed by atoms with Crippen LogP contribution in [-0.2, 0) is 12.7 Å². The molecule has 1 aliphatic carbocycles. The van der Waals surface area contributed by atoms with E-state index in [0.29, 0.717) is 5.01 Å². The van der Waals surface area contributed by atoms with E-state index >= 15 is 0 Å².